The van der Waals surface area contributed by atoms with Gasteiger partial charge in [-0.05, 0) is 34.7 Å². The number of hydrogen-bond donors (Lipinski definition) is 1. The Balaban J connectivity index is 1.97. The molecule has 2 rings (SSSR count). The van der Waals surface area contributed by atoms with Gasteiger partial charge in [0.2, 0.25) is 5.13 Å². The summed E-state index contributed by atoms with van der Waals surface area (Å²) < 4.78 is 0.853. The average Bonchev–Trinajstić information content (AvgIpc) is 2.50. The van der Waals surface area contributed by atoms with Crippen LogP contribution in [0.3, 0.4) is 0 Å². The van der Waals surface area contributed by atoms with Gasteiger partial charge in [0, 0.05) is 6.04 Å². The molecule has 1 aromatic heterocycles. The Hall–Kier alpha value is -0.160. The second kappa shape index (κ2) is 5.25. The maximum atomic E-state index is 4.09. The van der Waals surface area contributed by atoms with Crippen LogP contribution >= 0.6 is 27.3 Å². The zero-order valence-electron chi connectivity index (χ0n) is 8.87. The zero-order chi connectivity index (χ0) is 10.7. The Morgan fingerprint density at radius 3 is 2.80 bits per heavy atom. The fourth-order valence-corrected chi connectivity index (χ4v) is 3.20. The third-order valence-electron chi connectivity index (χ3n) is 3.07. The van der Waals surface area contributed by atoms with Crippen molar-refractivity contribution in [3.8, 4) is 0 Å². The van der Waals surface area contributed by atoms with Gasteiger partial charge in [-0.25, -0.2) is 0 Å². The lowest BCUT2D eigenvalue weighted by Crippen LogP contribution is -2.26. The summed E-state index contributed by atoms with van der Waals surface area (Å²) in [6.07, 6.45) is 6.68. The summed E-state index contributed by atoms with van der Waals surface area (Å²) in [5.74, 6) is 0.746. The van der Waals surface area contributed by atoms with Crippen LogP contribution in [-0.2, 0) is 0 Å². The molecule has 1 aromatic rings. The molecule has 0 aromatic carbocycles. The van der Waals surface area contributed by atoms with Crippen LogP contribution in [0.15, 0.2) is 3.92 Å². The Morgan fingerprint density at radius 2 is 2.07 bits per heavy atom. The number of nitrogens with zero attached hydrogens (tertiary/aromatic N) is 2. The lowest BCUT2D eigenvalue weighted by atomic mass is 9.97. The van der Waals surface area contributed by atoms with Gasteiger partial charge in [-0.15, -0.1) is 10.2 Å². The molecule has 1 heterocycles. The molecule has 2 atom stereocenters. The minimum atomic E-state index is 0.576. The summed E-state index contributed by atoms with van der Waals surface area (Å²) >= 11 is 4.91. The fourth-order valence-electron chi connectivity index (χ4n) is 2.13. The molecule has 0 spiro atoms. The van der Waals surface area contributed by atoms with Gasteiger partial charge in [-0.3, -0.25) is 0 Å². The van der Waals surface area contributed by atoms with Crippen molar-refractivity contribution in [1.82, 2.24) is 10.2 Å². The quantitative estimate of drug-likeness (QED) is 0.844. The summed E-state index contributed by atoms with van der Waals surface area (Å²) in [6, 6.07) is 0.576. The third kappa shape index (κ3) is 3.14. The lowest BCUT2D eigenvalue weighted by molar-refractivity contribution is 0.456. The first kappa shape index (κ1) is 11.3. The molecule has 1 saturated carbocycles. The summed E-state index contributed by atoms with van der Waals surface area (Å²) in [5, 5.41) is 12.5. The third-order valence-corrected chi connectivity index (χ3v) is 4.36. The van der Waals surface area contributed by atoms with Gasteiger partial charge in [0.15, 0.2) is 3.92 Å². The number of nitrogens with one attached hydrogen (secondary N) is 1. The highest BCUT2D eigenvalue weighted by Crippen LogP contribution is 2.28. The predicted octanol–water partition coefficient (Wildman–Crippen LogP) is 3.68. The van der Waals surface area contributed by atoms with Crippen LogP contribution < -0.4 is 5.32 Å². The maximum absolute atomic E-state index is 4.09. The van der Waals surface area contributed by atoms with Crippen molar-refractivity contribution in [1.29, 1.82) is 0 Å². The first-order valence-electron chi connectivity index (χ1n) is 5.51. The van der Waals surface area contributed by atoms with Crippen molar-refractivity contribution in [2.24, 2.45) is 5.92 Å². The van der Waals surface area contributed by atoms with Crippen LogP contribution in [-0.4, -0.2) is 16.2 Å². The second-order valence-corrected chi connectivity index (χ2v) is 6.48. The molecule has 2 unspecified atom stereocenters. The fraction of sp³-hybridized carbons (Fsp3) is 0.800. The highest BCUT2D eigenvalue weighted by Gasteiger charge is 2.20. The van der Waals surface area contributed by atoms with Crippen molar-refractivity contribution < 1.29 is 0 Å². The van der Waals surface area contributed by atoms with E-state index in [1.165, 1.54) is 32.1 Å². The number of anilines is 1. The molecule has 0 bridgehead atoms. The maximum Gasteiger partial charge on any atom is 0.206 e. The second-order valence-electron chi connectivity index (χ2n) is 4.23. The number of aromatic nitrogens is 2. The molecule has 5 heteroatoms. The van der Waals surface area contributed by atoms with Crippen LogP contribution in [0.5, 0.6) is 0 Å². The van der Waals surface area contributed by atoms with E-state index in [-0.39, 0.29) is 0 Å². The van der Waals surface area contributed by atoms with E-state index in [1.807, 2.05) is 0 Å². The average molecular weight is 290 g/mol. The van der Waals surface area contributed by atoms with Gasteiger partial charge < -0.3 is 5.32 Å². The monoisotopic (exact) mass is 289 g/mol. The Labute approximate surface area is 103 Å². The van der Waals surface area contributed by atoms with Crippen molar-refractivity contribution >= 4 is 32.4 Å². The van der Waals surface area contributed by atoms with Crippen LogP contribution in [0.1, 0.15) is 39.0 Å². The molecule has 0 radical (unpaired) electrons. The zero-order valence-corrected chi connectivity index (χ0v) is 11.3. The van der Waals surface area contributed by atoms with Gasteiger partial charge in [0.25, 0.3) is 0 Å². The van der Waals surface area contributed by atoms with Crippen molar-refractivity contribution in [3.63, 3.8) is 0 Å². The standard InChI is InChI=1S/C10H16BrN3S/c1-7-5-3-2-4-6-8(7)12-10-14-13-9(11)15-10/h7-8H,2-6H2,1H3,(H,12,14). The molecule has 1 fully saturated rings. The predicted molar refractivity (Wildman–Crippen MR) is 67.3 cm³/mol. The molecular weight excluding hydrogens is 274 g/mol. The van der Waals surface area contributed by atoms with E-state index in [9.17, 15) is 0 Å². The molecule has 1 aliphatic carbocycles. The Morgan fingerprint density at radius 1 is 1.27 bits per heavy atom. The summed E-state index contributed by atoms with van der Waals surface area (Å²) in [7, 11) is 0. The van der Waals surface area contributed by atoms with Gasteiger partial charge in [0.1, 0.15) is 0 Å². The SMILES string of the molecule is CC1CCCCCC1Nc1nnc(Br)s1. The van der Waals surface area contributed by atoms with Gasteiger partial charge in [-0.2, -0.15) is 0 Å². The molecular formula is C10H16BrN3S. The van der Waals surface area contributed by atoms with E-state index < -0.39 is 0 Å². The van der Waals surface area contributed by atoms with E-state index in [0.29, 0.717) is 6.04 Å². The van der Waals surface area contributed by atoms with Crippen LogP contribution in [0, 0.1) is 5.92 Å². The largest absolute Gasteiger partial charge is 0.357 e. The van der Waals surface area contributed by atoms with Crippen molar-refractivity contribution in [2.75, 3.05) is 5.32 Å². The van der Waals surface area contributed by atoms with Crippen LogP contribution in [0.2, 0.25) is 0 Å². The van der Waals surface area contributed by atoms with Gasteiger partial charge in [0.05, 0.1) is 0 Å². The Kier molecular flexibility index (Phi) is 3.97. The highest BCUT2D eigenvalue weighted by molar-refractivity contribution is 9.11. The smallest absolute Gasteiger partial charge is 0.206 e. The van der Waals surface area contributed by atoms with E-state index >= 15 is 0 Å². The number of halogens is 1. The minimum absolute atomic E-state index is 0.576. The summed E-state index contributed by atoms with van der Waals surface area (Å²) in [4.78, 5) is 0. The minimum Gasteiger partial charge on any atom is -0.357 e. The number of hydrogen-bond acceptors (Lipinski definition) is 4. The Bertz CT molecular complexity index is 315. The normalized spacial score (nSPS) is 27.3. The van der Waals surface area contributed by atoms with E-state index in [0.717, 1.165) is 15.0 Å². The first-order valence-corrected chi connectivity index (χ1v) is 7.12. The number of rotatable bonds is 2. The van der Waals surface area contributed by atoms with Crippen LogP contribution in [0.4, 0.5) is 5.13 Å². The summed E-state index contributed by atoms with van der Waals surface area (Å²) in [6.45, 7) is 2.33. The van der Waals surface area contributed by atoms with Gasteiger partial charge in [-0.1, -0.05) is 37.5 Å². The molecule has 0 saturated heterocycles. The molecule has 15 heavy (non-hydrogen) atoms. The lowest BCUT2D eigenvalue weighted by Gasteiger charge is -2.21. The molecule has 84 valence electrons. The molecule has 1 aliphatic rings. The molecule has 0 aliphatic heterocycles. The van der Waals surface area contributed by atoms with Crippen molar-refractivity contribution in [3.05, 3.63) is 3.92 Å². The van der Waals surface area contributed by atoms with Crippen LogP contribution in [0.25, 0.3) is 0 Å². The molecule has 3 nitrogen and oxygen atoms in total. The topological polar surface area (TPSA) is 37.8 Å². The summed E-state index contributed by atoms with van der Waals surface area (Å²) in [5.41, 5.74) is 0. The molecule has 1 N–H and O–H groups in total. The van der Waals surface area contributed by atoms with E-state index in [4.69, 9.17) is 0 Å². The van der Waals surface area contributed by atoms with E-state index in [2.05, 4.69) is 38.4 Å². The van der Waals surface area contributed by atoms with E-state index in [1.54, 1.807) is 11.3 Å². The molecule has 0 amide bonds. The first-order chi connectivity index (χ1) is 7.25. The highest BCUT2D eigenvalue weighted by atomic mass is 79.9. The van der Waals surface area contributed by atoms with Crippen molar-refractivity contribution in [2.45, 2.75) is 45.1 Å². The van der Waals surface area contributed by atoms with Gasteiger partial charge >= 0.3 is 0 Å².